The van der Waals surface area contributed by atoms with Crippen molar-refractivity contribution in [3.05, 3.63) is 85.9 Å². The molecule has 168 valence electrons. The van der Waals surface area contributed by atoms with Crippen LogP contribution in [0.2, 0.25) is 10.0 Å². The SMILES string of the molecule is COC(=O)c1ccc(Br)c(Cl)c1.O=C(O)c1ccc(-c2ncccc2C(F)(F)F)c(Cl)c1. The minimum absolute atomic E-state index is 0.0320. The van der Waals surface area contributed by atoms with Crippen LogP contribution in [0.5, 0.6) is 0 Å². The Balaban J connectivity index is 0.000000258. The fourth-order valence-electron chi connectivity index (χ4n) is 2.43. The third-order valence-electron chi connectivity index (χ3n) is 3.92. The Morgan fingerprint density at radius 1 is 1.03 bits per heavy atom. The molecule has 0 fully saturated rings. The van der Waals surface area contributed by atoms with Gasteiger partial charge in [-0.3, -0.25) is 4.98 Å². The predicted molar refractivity (Wildman–Crippen MR) is 117 cm³/mol. The Hall–Kier alpha value is -2.62. The highest BCUT2D eigenvalue weighted by Crippen LogP contribution is 2.38. The van der Waals surface area contributed by atoms with Crippen molar-refractivity contribution < 1.29 is 32.6 Å². The first kappa shape index (κ1) is 25.6. The highest BCUT2D eigenvalue weighted by Gasteiger charge is 2.34. The molecule has 0 radical (unpaired) electrons. The van der Waals surface area contributed by atoms with Gasteiger partial charge in [-0.15, -0.1) is 0 Å². The van der Waals surface area contributed by atoms with Gasteiger partial charge in [-0.25, -0.2) is 9.59 Å². The molecule has 0 saturated carbocycles. The number of carbonyl (C=O) groups excluding carboxylic acids is 1. The van der Waals surface area contributed by atoms with E-state index >= 15 is 0 Å². The van der Waals surface area contributed by atoms with E-state index in [2.05, 4.69) is 25.7 Å². The minimum atomic E-state index is -4.57. The number of ether oxygens (including phenoxy) is 1. The van der Waals surface area contributed by atoms with Gasteiger partial charge >= 0.3 is 18.1 Å². The summed E-state index contributed by atoms with van der Waals surface area (Å²) < 4.78 is 44.0. The maximum absolute atomic E-state index is 12.9. The smallest absolute Gasteiger partial charge is 0.418 e. The summed E-state index contributed by atoms with van der Waals surface area (Å²) in [5.41, 5.74) is -0.884. The topological polar surface area (TPSA) is 76.5 Å². The Bertz CT molecular complexity index is 1160. The van der Waals surface area contributed by atoms with Crippen molar-refractivity contribution in [3.63, 3.8) is 0 Å². The Morgan fingerprint density at radius 3 is 2.19 bits per heavy atom. The van der Waals surface area contributed by atoms with Gasteiger partial charge in [0.15, 0.2) is 0 Å². The number of esters is 1. The highest BCUT2D eigenvalue weighted by atomic mass is 79.9. The summed E-state index contributed by atoms with van der Waals surface area (Å²) in [5.74, 6) is -1.60. The van der Waals surface area contributed by atoms with E-state index in [-0.39, 0.29) is 27.8 Å². The van der Waals surface area contributed by atoms with Gasteiger partial charge in [0.2, 0.25) is 0 Å². The molecule has 0 saturated heterocycles. The number of hydrogen-bond donors (Lipinski definition) is 1. The summed E-state index contributed by atoms with van der Waals surface area (Å²) >= 11 is 14.8. The fourth-order valence-corrected chi connectivity index (χ4v) is 3.13. The first-order valence-corrected chi connectivity index (χ1v) is 10.1. The second-order valence-corrected chi connectivity index (χ2v) is 7.69. The van der Waals surface area contributed by atoms with Gasteiger partial charge in [-0.2, -0.15) is 13.2 Å². The molecular weight excluding hydrogens is 538 g/mol. The van der Waals surface area contributed by atoms with E-state index < -0.39 is 17.7 Å². The van der Waals surface area contributed by atoms with Crippen molar-refractivity contribution in [1.29, 1.82) is 0 Å². The average molecular weight is 551 g/mol. The van der Waals surface area contributed by atoms with E-state index in [4.69, 9.17) is 28.3 Å². The number of benzene rings is 2. The Morgan fingerprint density at radius 2 is 1.66 bits per heavy atom. The van der Waals surface area contributed by atoms with Crippen LogP contribution in [0.3, 0.4) is 0 Å². The molecule has 1 heterocycles. The van der Waals surface area contributed by atoms with Gasteiger partial charge in [0.1, 0.15) is 0 Å². The molecule has 5 nitrogen and oxygen atoms in total. The zero-order valence-electron chi connectivity index (χ0n) is 16.1. The number of alkyl halides is 3. The lowest BCUT2D eigenvalue weighted by molar-refractivity contribution is -0.137. The quantitative estimate of drug-likeness (QED) is 0.355. The third-order valence-corrected chi connectivity index (χ3v) is 5.47. The zero-order chi connectivity index (χ0) is 24.1. The summed E-state index contributed by atoms with van der Waals surface area (Å²) in [7, 11) is 1.33. The molecule has 2 aromatic carbocycles. The van der Waals surface area contributed by atoms with Crippen molar-refractivity contribution >= 4 is 51.1 Å². The molecule has 0 unspecified atom stereocenters. The molecule has 0 aliphatic heterocycles. The second kappa shape index (κ2) is 10.8. The molecule has 0 spiro atoms. The number of halogens is 6. The van der Waals surface area contributed by atoms with Crippen LogP contribution >= 0.6 is 39.1 Å². The van der Waals surface area contributed by atoms with Gasteiger partial charge in [-0.1, -0.05) is 29.3 Å². The van der Waals surface area contributed by atoms with Gasteiger partial charge in [0.25, 0.3) is 0 Å². The summed E-state index contributed by atoms with van der Waals surface area (Å²) in [6, 6.07) is 10.4. The second-order valence-electron chi connectivity index (χ2n) is 6.02. The number of nitrogens with zero attached hydrogens (tertiary/aromatic N) is 1. The molecule has 0 amide bonds. The number of carbonyl (C=O) groups is 2. The summed E-state index contributed by atoms with van der Waals surface area (Å²) in [6.07, 6.45) is -3.36. The molecular formula is C21H13BrCl2F3NO4. The van der Waals surface area contributed by atoms with E-state index in [9.17, 15) is 22.8 Å². The van der Waals surface area contributed by atoms with E-state index in [0.29, 0.717) is 10.6 Å². The summed E-state index contributed by atoms with van der Waals surface area (Å²) in [4.78, 5) is 25.5. The molecule has 1 aromatic heterocycles. The number of aromatic carboxylic acids is 1. The van der Waals surface area contributed by atoms with Crippen molar-refractivity contribution in [3.8, 4) is 11.3 Å². The van der Waals surface area contributed by atoms with Gasteiger partial charge in [-0.05, 0) is 58.4 Å². The number of carboxylic acids is 1. The standard InChI is InChI=1S/C13H7ClF3NO2.C8H6BrClO2/c14-10-6-7(12(19)20)3-4-8(10)11-9(13(15,16)17)2-1-5-18-11;1-12-8(11)5-2-3-6(9)7(10)4-5/h1-6H,(H,19,20);2-4H,1H3. The Kier molecular flexibility index (Phi) is 8.65. The van der Waals surface area contributed by atoms with Crippen LogP contribution in [0, 0.1) is 0 Å². The maximum Gasteiger partial charge on any atom is 0.418 e. The summed E-state index contributed by atoms with van der Waals surface area (Å²) in [6.45, 7) is 0. The lowest BCUT2D eigenvalue weighted by Crippen LogP contribution is -2.08. The lowest BCUT2D eigenvalue weighted by Gasteiger charge is -2.12. The molecule has 3 aromatic rings. The predicted octanol–water partition coefficient (Wildman–Crippen LogP) is 7.01. The van der Waals surface area contributed by atoms with Crippen LogP contribution in [-0.4, -0.2) is 29.1 Å². The minimum Gasteiger partial charge on any atom is -0.478 e. The largest absolute Gasteiger partial charge is 0.478 e. The normalized spacial score (nSPS) is 10.7. The molecule has 32 heavy (non-hydrogen) atoms. The third kappa shape index (κ3) is 6.44. The van der Waals surface area contributed by atoms with Crippen molar-refractivity contribution in [2.24, 2.45) is 0 Å². The maximum atomic E-state index is 12.9. The molecule has 0 atom stereocenters. The van der Waals surface area contributed by atoms with Crippen molar-refractivity contribution in [2.45, 2.75) is 6.18 Å². The number of methoxy groups -OCH3 is 1. The van der Waals surface area contributed by atoms with Gasteiger partial charge < -0.3 is 9.84 Å². The lowest BCUT2D eigenvalue weighted by atomic mass is 10.0. The van der Waals surface area contributed by atoms with Gasteiger partial charge in [0.05, 0.1) is 39.5 Å². The van der Waals surface area contributed by atoms with Crippen LogP contribution in [0.1, 0.15) is 26.3 Å². The molecule has 1 N–H and O–H groups in total. The number of aromatic nitrogens is 1. The molecule has 0 aliphatic rings. The van der Waals surface area contributed by atoms with Crippen LogP contribution in [0.25, 0.3) is 11.3 Å². The molecule has 3 rings (SSSR count). The fraction of sp³-hybridized carbons (Fsp3) is 0.0952. The summed E-state index contributed by atoms with van der Waals surface area (Å²) in [5, 5.41) is 9.20. The first-order valence-electron chi connectivity index (χ1n) is 8.54. The highest BCUT2D eigenvalue weighted by molar-refractivity contribution is 9.10. The number of rotatable bonds is 3. The molecule has 0 bridgehead atoms. The van der Waals surface area contributed by atoms with Crippen molar-refractivity contribution in [2.75, 3.05) is 7.11 Å². The van der Waals surface area contributed by atoms with E-state index in [1.807, 2.05) is 0 Å². The van der Waals surface area contributed by atoms with E-state index in [1.165, 1.54) is 31.5 Å². The van der Waals surface area contributed by atoms with Crippen LogP contribution < -0.4 is 0 Å². The average Bonchev–Trinajstić information content (AvgIpc) is 2.75. The number of pyridine rings is 1. The zero-order valence-corrected chi connectivity index (χ0v) is 19.2. The molecule has 11 heteroatoms. The van der Waals surface area contributed by atoms with Crippen LogP contribution in [-0.2, 0) is 10.9 Å². The number of hydrogen-bond acceptors (Lipinski definition) is 4. The molecule has 0 aliphatic carbocycles. The monoisotopic (exact) mass is 549 g/mol. The number of carboxylic acid groups (broad SMARTS) is 1. The van der Waals surface area contributed by atoms with Gasteiger partial charge in [0, 0.05) is 16.2 Å². The van der Waals surface area contributed by atoms with Crippen LogP contribution in [0.4, 0.5) is 13.2 Å². The Labute approximate surface area is 198 Å². The first-order chi connectivity index (χ1) is 15.0. The van der Waals surface area contributed by atoms with E-state index in [0.717, 1.165) is 16.6 Å². The van der Waals surface area contributed by atoms with E-state index in [1.54, 1.807) is 18.2 Å². The van der Waals surface area contributed by atoms with Crippen LogP contribution in [0.15, 0.2) is 59.2 Å². The van der Waals surface area contributed by atoms with Crippen molar-refractivity contribution in [1.82, 2.24) is 4.98 Å².